The Morgan fingerprint density at radius 3 is 2.68 bits per heavy atom. The van der Waals surface area contributed by atoms with Crippen LogP contribution in [0.2, 0.25) is 10.3 Å². The largest absolute Gasteiger partial charge is 0.436 e. The minimum Gasteiger partial charge on any atom is -0.436 e. The van der Waals surface area contributed by atoms with Crippen LogP contribution in [0.25, 0.3) is 0 Å². The molecule has 2 rings (SSSR count). The average molecular weight is 367 g/mol. The molecule has 0 atom stereocenters. The molecular weight excluding hydrogens is 360 g/mol. The molecule has 0 fully saturated rings. The Morgan fingerprint density at radius 1 is 1.32 bits per heavy atom. The molecule has 4 nitrogen and oxygen atoms in total. The summed E-state index contributed by atoms with van der Waals surface area (Å²) in [7, 11) is 0. The van der Waals surface area contributed by atoms with E-state index in [0.29, 0.717) is 10.2 Å². The van der Waals surface area contributed by atoms with E-state index in [0.717, 1.165) is 6.07 Å². The molecule has 0 unspecified atom stereocenters. The number of aromatic nitrogens is 2. The van der Waals surface area contributed by atoms with Crippen molar-refractivity contribution in [1.29, 1.82) is 0 Å². The summed E-state index contributed by atoms with van der Waals surface area (Å²) < 4.78 is 19.3. The Labute approximate surface area is 126 Å². The van der Waals surface area contributed by atoms with Crippen LogP contribution in [-0.4, -0.2) is 9.97 Å². The van der Waals surface area contributed by atoms with Gasteiger partial charge in [-0.2, -0.15) is 4.98 Å². The summed E-state index contributed by atoms with van der Waals surface area (Å²) in [4.78, 5) is 7.72. The standard InChI is InChI=1S/C11H7BrCl2FN3O/c1-4-9(16)10(18-11(14)17-4)19-8-3-7(15)6(13)2-5(8)12/h2-3H,16H2,1H3. The fourth-order valence-electron chi connectivity index (χ4n) is 1.29. The molecule has 1 heterocycles. The zero-order chi connectivity index (χ0) is 14.2. The number of nitrogen functional groups attached to an aromatic ring is 1. The Hall–Kier alpha value is -1.11. The third-order valence-corrected chi connectivity index (χ3v) is 3.33. The molecule has 0 aliphatic carbocycles. The van der Waals surface area contributed by atoms with Crippen LogP contribution in [0, 0.1) is 12.7 Å². The lowest BCUT2D eigenvalue weighted by Crippen LogP contribution is -2.01. The molecule has 19 heavy (non-hydrogen) atoms. The lowest BCUT2D eigenvalue weighted by molar-refractivity contribution is 0.456. The normalized spacial score (nSPS) is 10.6. The van der Waals surface area contributed by atoms with E-state index in [9.17, 15) is 4.39 Å². The maximum atomic E-state index is 13.4. The molecular formula is C11H7BrCl2FN3O. The average Bonchev–Trinajstić information content (AvgIpc) is 2.32. The third-order valence-electron chi connectivity index (χ3n) is 2.26. The smallest absolute Gasteiger partial charge is 0.247 e. The predicted molar refractivity (Wildman–Crippen MR) is 75.4 cm³/mol. The van der Waals surface area contributed by atoms with E-state index in [1.54, 1.807) is 6.92 Å². The minimum absolute atomic E-state index is 0.00717. The fraction of sp³-hybridized carbons (Fsp3) is 0.0909. The molecule has 0 spiro atoms. The highest BCUT2D eigenvalue weighted by Gasteiger charge is 2.14. The molecule has 1 aromatic carbocycles. The zero-order valence-electron chi connectivity index (χ0n) is 9.55. The van der Waals surface area contributed by atoms with Gasteiger partial charge in [-0.25, -0.2) is 9.37 Å². The summed E-state index contributed by atoms with van der Waals surface area (Å²) in [5.74, 6) is -0.377. The van der Waals surface area contributed by atoms with Crippen LogP contribution in [0.4, 0.5) is 10.1 Å². The summed E-state index contributed by atoms with van der Waals surface area (Å²) in [6.07, 6.45) is 0. The van der Waals surface area contributed by atoms with Crippen molar-refractivity contribution in [1.82, 2.24) is 9.97 Å². The second kappa shape index (κ2) is 5.48. The van der Waals surface area contributed by atoms with Crippen LogP contribution in [0.3, 0.4) is 0 Å². The first-order valence-corrected chi connectivity index (χ1v) is 6.55. The first-order valence-electron chi connectivity index (χ1n) is 5.00. The molecule has 0 aliphatic heterocycles. The third kappa shape index (κ3) is 3.08. The molecule has 0 aliphatic rings. The molecule has 8 heteroatoms. The van der Waals surface area contributed by atoms with Crippen molar-refractivity contribution in [2.45, 2.75) is 6.92 Å². The van der Waals surface area contributed by atoms with E-state index < -0.39 is 5.82 Å². The first kappa shape index (κ1) is 14.3. The maximum absolute atomic E-state index is 13.4. The van der Waals surface area contributed by atoms with Gasteiger partial charge in [-0.15, -0.1) is 0 Å². The van der Waals surface area contributed by atoms with E-state index in [2.05, 4.69) is 25.9 Å². The number of hydrogen-bond acceptors (Lipinski definition) is 4. The van der Waals surface area contributed by atoms with Gasteiger partial charge >= 0.3 is 0 Å². The van der Waals surface area contributed by atoms with Gasteiger partial charge in [0.25, 0.3) is 0 Å². The molecule has 0 amide bonds. The summed E-state index contributed by atoms with van der Waals surface area (Å²) in [5.41, 5.74) is 6.47. The molecule has 0 radical (unpaired) electrons. The van der Waals surface area contributed by atoms with E-state index in [-0.39, 0.29) is 27.6 Å². The second-order valence-electron chi connectivity index (χ2n) is 3.60. The lowest BCUT2D eigenvalue weighted by atomic mass is 10.3. The number of benzene rings is 1. The SMILES string of the molecule is Cc1nc(Cl)nc(Oc2cc(F)c(Cl)cc2Br)c1N. The summed E-state index contributed by atoms with van der Waals surface area (Å²) >= 11 is 14.6. The highest BCUT2D eigenvalue weighted by Crippen LogP contribution is 2.35. The second-order valence-corrected chi connectivity index (χ2v) is 5.20. The topological polar surface area (TPSA) is 61.0 Å². The van der Waals surface area contributed by atoms with Gasteiger partial charge < -0.3 is 10.5 Å². The molecule has 0 bridgehead atoms. The van der Waals surface area contributed by atoms with Crippen LogP contribution in [0.1, 0.15) is 5.69 Å². The number of halogens is 4. The summed E-state index contributed by atoms with van der Waals surface area (Å²) in [6.45, 7) is 1.66. The number of ether oxygens (including phenoxy) is 1. The van der Waals surface area contributed by atoms with Gasteiger partial charge in [0.15, 0.2) is 0 Å². The molecule has 100 valence electrons. The number of hydrogen-bond donors (Lipinski definition) is 1. The molecule has 2 N–H and O–H groups in total. The highest BCUT2D eigenvalue weighted by molar-refractivity contribution is 9.10. The Kier molecular flexibility index (Phi) is 4.13. The van der Waals surface area contributed by atoms with Crippen molar-refractivity contribution < 1.29 is 9.13 Å². The van der Waals surface area contributed by atoms with Crippen LogP contribution >= 0.6 is 39.1 Å². The van der Waals surface area contributed by atoms with Crippen molar-refractivity contribution in [2.24, 2.45) is 0 Å². The van der Waals surface area contributed by atoms with Crippen molar-refractivity contribution in [3.8, 4) is 11.6 Å². The summed E-state index contributed by atoms with van der Waals surface area (Å²) in [5, 5.41) is -0.0312. The van der Waals surface area contributed by atoms with E-state index in [4.69, 9.17) is 33.7 Å². The van der Waals surface area contributed by atoms with Gasteiger partial charge in [0.2, 0.25) is 11.2 Å². The van der Waals surface area contributed by atoms with Gasteiger partial charge in [0.05, 0.1) is 15.2 Å². The maximum Gasteiger partial charge on any atom is 0.247 e. The van der Waals surface area contributed by atoms with Gasteiger partial charge in [-0.1, -0.05) is 11.6 Å². The van der Waals surface area contributed by atoms with Gasteiger partial charge in [0, 0.05) is 6.07 Å². The first-order chi connectivity index (χ1) is 8.88. The van der Waals surface area contributed by atoms with Crippen LogP contribution in [0.5, 0.6) is 11.6 Å². The number of nitrogens with zero attached hydrogens (tertiary/aromatic N) is 2. The van der Waals surface area contributed by atoms with Crippen molar-refractivity contribution >= 4 is 44.8 Å². The number of rotatable bonds is 2. The molecule has 2 aromatic rings. The van der Waals surface area contributed by atoms with Crippen molar-refractivity contribution in [2.75, 3.05) is 5.73 Å². The zero-order valence-corrected chi connectivity index (χ0v) is 12.6. The van der Waals surface area contributed by atoms with Crippen LogP contribution < -0.4 is 10.5 Å². The summed E-state index contributed by atoms with van der Waals surface area (Å²) in [6, 6.07) is 2.50. The van der Waals surface area contributed by atoms with Crippen LogP contribution in [0.15, 0.2) is 16.6 Å². The Balaban J connectivity index is 2.44. The monoisotopic (exact) mass is 365 g/mol. The predicted octanol–water partition coefficient (Wildman–Crippen LogP) is 4.37. The van der Waals surface area contributed by atoms with Gasteiger partial charge in [-0.3, -0.25) is 0 Å². The van der Waals surface area contributed by atoms with E-state index in [1.807, 2.05) is 0 Å². The quantitative estimate of drug-likeness (QED) is 0.633. The molecule has 1 aromatic heterocycles. The van der Waals surface area contributed by atoms with Crippen molar-refractivity contribution in [3.05, 3.63) is 38.4 Å². The molecule has 0 saturated heterocycles. The fourth-order valence-corrected chi connectivity index (χ4v) is 2.21. The minimum atomic E-state index is -0.615. The van der Waals surface area contributed by atoms with E-state index in [1.165, 1.54) is 6.07 Å². The van der Waals surface area contributed by atoms with Gasteiger partial charge in [-0.05, 0) is 40.5 Å². The molecule has 0 saturated carbocycles. The Morgan fingerprint density at radius 2 is 2.00 bits per heavy atom. The number of aryl methyl sites for hydroxylation is 1. The van der Waals surface area contributed by atoms with Crippen molar-refractivity contribution in [3.63, 3.8) is 0 Å². The lowest BCUT2D eigenvalue weighted by Gasteiger charge is -2.11. The highest BCUT2D eigenvalue weighted by atomic mass is 79.9. The number of anilines is 1. The Bertz CT molecular complexity index is 654. The van der Waals surface area contributed by atoms with Crippen LogP contribution in [-0.2, 0) is 0 Å². The van der Waals surface area contributed by atoms with E-state index >= 15 is 0 Å². The van der Waals surface area contributed by atoms with Gasteiger partial charge in [0.1, 0.15) is 17.3 Å². The number of nitrogens with two attached hydrogens (primary N) is 1.